The number of piperazine rings is 1. The number of hydrogen-bond donors (Lipinski definition) is 2. The van der Waals surface area contributed by atoms with Crippen LogP contribution in [0.1, 0.15) is 6.92 Å². The van der Waals surface area contributed by atoms with Crippen LogP contribution in [0.4, 0.5) is 11.6 Å². The molecular formula is C21H25N5O2. The number of amides is 1. The number of hydrogen-bond acceptors (Lipinski definition) is 5. The van der Waals surface area contributed by atoms with Gasteiger partial charge in [-0.15, -0.1) is 0 Å². The summed E-state index contributed by atoms with van der Waals surface area (Å²) in [6.45, 7) is 6.31. The van der Waals surface area contributed by atoms with Crippen LogP contribution in [0.25, 0.3) is 11.0 Å². The zero-order valence-electron chi connectivity index (χ0n) is 16.0. The molecule has 1 fully saturated rings. The third-order valence-electron chi connectivity index (χ3n) is 4.86. The van der Waals surface area contributed by atoms with Crippen molar-refractivity contribution in [1.82, 2.24) is 14.9 Å². The SMILES string of the molecule is CCOc1ccc(NC(=O)CN2CCN(c3nc4ccccc4[nH]3)CC2)cc1. The molecule has 0 bridgehead atoms. The van der Waals surface area contributed by atoms with E-state index in [1.54, 1.807) is 0 Å². The quantitative estimate of drug-likeness (QED) is 0.689. The van der Waals surface area contributed by atoms with Crippen LogP contribution in [0.3, 0.4) is 0 Å². The molecule has 1 saturated heterocycles. The maximum absolute atomic E-state index is 12.3. The molecule has 0 atom stereocenters. The second kappa shape index (κ2) is 8.31. The summed E-state index contributed by atoms with van der Waals surface area (Å²) < 4.78 is 5.42. The lowest BCUT2D eigenvalue weighted by molar-refractivity contribution is -0.117. The number of nitrogens with zero attached hydrogens (tertiary/aromatic N) is 3. The molecule has 1 aromatic heterocycles. The lowest BCUT2D eigenvalue weighted by Crippen LogP contribution is -2.49. The molecule has 2 heterocycles. The summed E-state index contributed by atoms with van der Waals surface area (Å²) in [4.78, 5) is 24.8. The van der Waals surface area contributed by atoms with Gasteiger partial charge in [0, 0.05) is 31.9 Å². The number of nitrogens with one attached hydrogen (secondary N) is 2. The number of anilines is 2. The van der Waals surface area contributed by atoms with E-state index < -0.39 is 0 Å². The van der Waals surface area contributed by atoms with Gasteiger partial charge in [0.1, 0.15) is 5.75 Å². The first-order valence-corrected chi connectivity index (χ1v) is 9.66. The molecule has 1 amide bonds. The van der Waals surface area contributed by atoms with Gasteiger partial charge < -0.3 is 19.9 Å². The van der Waals surface area contributed by atoms with Gasteiger partial charge in [-0.2, -0.15) is 0 Å². The largest absolute Gasteiger partial charge is 0.494 e. The highest BCUT2D eigenvalue weighted by Crippen LogP contribution is 2.19. The van der Waals surface area contributed by atoms with E-state index in [1.165, 1.54) is 0 Å². The summed E-state index contributed by atoms with van der Waals surface area (Å²) >= 11 is 0. The zero-order valence-corrected chi connectivity index (χ0v) is 16.0. The highest BCUT2D eigenvalue weighted by molar-refractivity contribution is 5.92. The van der Waals surface area contributed by atoms with Crippen molar-refractivity contribution in [3.63, 3.8) is 0 Å². The Hall–Kier alpha value is -3.06. The van der Waals surface area contributed by atoms with Crippen molar-refractivity contribution in [1.29, 1.82) is 0 Å². The van der Waals surface area contributed by atoms with Gasteiger partial charge in [0.2, 0.25) is 11.9 Å². The molecule has 0 spiro atoms. The molecule has 0 unspecified atom stereocenters. The fraction of sp³-hybridized carbons (Fsp3) is 0.333. The molecule has 1 aliphatic rings. The normalized spacial score (nSPS) is 15.0. The first kappa shape index (κ1) is 18.3. The molecule has 146 valence electrons. The minimum Gasteiger partial charge on any atom is -0.494 e. The fourth-order valence-electron chi connectivity index (χ4n) is 3.41. The van der Waals surface area contributed by atoms with Gasteiger partial charge in [-0.3, -0.25) is 9.69 Å². The number of imidazole rings is 1. The third kappa shape index (κ3) is 4.26. The first-order valence-electron chi connectivity index (χ1n) is 9.66. The van der Waals surface area contributed by atoms with Crippen molar-refractivity contribution in [3.8, 4) is 5.75 Å². The van der Waals surface area contributed by atoms with E-state index in [1.807, 2.05) is 55.5 Å². The topological polar surface area (TPSA) is 73.5 Å². The van der Waals surface area contributed by atoms with Gasteiger partial charge in [0.15, 0.2) is 0 Å². The van der Waals surface area contributed by atoms with Crippen LogP contribution >= 0.6 is 0 Å². The summed E-state index contributed by atoms with van der Waals surface area (Å²) in [5, 5.41) is 2.95. The van der Waals surface area contributed by atoms with Crippen LogP contribution in [0.2, 0.25) is 0 Å². The van der Waals surface area contributed by atoms with Gasteiger partial charge in [-0.25, -0.2) is 4.98 Å². The molecule has 4 rings (SSSR count). The number of ether oxygens (including phenoxy) is 1. The van der Waals surface area contributed by atoms with Crippen molar-refractivity contribution in [2.75, 3.05) is 49.5 Å². The number of aromatic nitrogens is 2. The Morgan fingerprint density at radius 2 is 1.86 bits per heavy atom. The van der Waals surface area contributed by atoms with Crippen molar-refractivity contribution in [3.05, 3.63) is 48.5 Å². The molecule has 1 aliphatic heterocycles. The highest BCUT2D eigenvalue weighted by atomic mass is 16.5. The standard InChI is InChI=1S/C21H25N5O2/c1-2-28-17-9-7-16(8-10-17)22-20(27)15-25-11-13-26(14-12-25)21-23-18-5-3-4-6-19(18)24-21/h3-10H,2,11-15H2,1H3,(H,22,27)(H,23,24). The number of para-hydroxylation sites is 2. The Bertz CT molecular complexity index is 896. The lowest BCUT2D eigenvalue weighted by Gasteiger charge is -2.34. The monoisotopic (exact) mass is 379 g/mol. The Labute approximate surface area is 164 Å². The number of aromatic amines is 1. The average molecular weight is 379 g/mol. The van der Waals surface area contributed by atoms with Gasteiger partial charge in [-0.05, 0) is 43.3 Å². The van der Waals surface area contributed by atoms with Gasteiger partial charge in [0.05, 0.1) is 24.2 Å². The third-order valence-corrected chi connectivity index (χ3v) is 4.86. The van der Waals surface area contributed by atoms with Crippen LogP contribution in [-0.2, 0) is 4.79 Å². The number of benzene rings is 2. The molecule has 0 radical (unpaired) electrons. The molecule has 28 heavy (non-hydrogen) atoms. The molecule has 7 nitrogen and oxygen atoms in total. The fourth-order valence-corrected chi connectivity index (χ4v) is 3.41. The smallest absolute Gasteiger partial charge is 0.238 e. The Balaban J connectivity index is 1.27. The maximum Gasteiger partial charge on any atom is 0.238 e. The summed E-state index contributed by atoms with van der Waals surface area (Å²) in [6, 6.07) is 15.5. The van der Waals surface area contributed by atoms with Crippen LogP contribution < -0.4 is 15.0 Å². The number of carbonyl (C=O) groups excluding carboxylic acids is 1. The van der Waals surface area contributed by atoms with E-state index >= 15 is 0 Å². The Kier molecular flexibility index (Phi) is 5.43. The summed E-state index contributed by atoms with van der Waals surface area (Å²) in [5.74, 6) is 1.71. The molecule has 2 aromatic carbocycles. The minimum absolute atomic E-state index is 0.00125. The number of H-pyrrole nitrogens is 1. The van der Waals surface area contributed by atoms with E-state index in [-0.39, 0.29) is 5.91 Å². The van der Waals surface area contributed by atoms with Crippen LogP contribution in [0.5, 0.6) is 5.75 Å². The van der Waals surface area contributed by atoms with Crippen LogP contribution in [-0.4, -0.2) is 60.1 Å². The van der Waals surface area contributed by atoms with Gasteiger partial charge >= 0.3 is 0 Å². The van der Waals surface area contributed by atoms with E-state index in [4.69, 9.17) is 4.74 Å². The maximum atomic E-state index is 12.3. The molecule has 7 heteroatoms. The predicted octanol–water partition coefficient (Wildman–Crippen LogP) is 2.72. The second-order valence-electron chi connectivity index (χ2n) is 6.85. The minimum atomic E-state index is 0.00125. The molecular weight excluding hydrogens is 354 g/mol. The van der Waals surface area contributed by atoms with Gasteiger partial charge in [-0.1, -0.05) is 12.1 Å². The van der Waals surface area contributed by atoms with Crippen molar-refractivity contribution in [2.24, 2.45) is 0 Å². The van der Waals surface area contributed by atoms with Crippen LogP contribution in [0.15, 0.2) is 48.5 Å². The first-order chi connectivity index (χ1) is 13.7. The van der Waals surface area contributed by atoms with Crippen molar-refractivity contribution < 1.29 is 9.53 Å². The van der Waals surface area contributed by atoms with Crippen molar-refractivity contribution in [2.45, 2.75) is 6.92 Å². The van der Waals surface area contributed by atoms with Gasteiger partial charge in [0.25, 0.3) is 0 Å². The molecule has 2 N–H and O–H groups in total. The van der Waals surface area contributed by atoms with E-state index in [0.717, 1.165) is 54.6 Å². The zero-order chi connectivity index (χ0) is 19.3. The summed E-state index contributed by atoms with van der Waals surface area (Å²) in [6.07, 6.45) is 0. The summed E-state index contributed by atoms with van der Waals surface area (Å²) in [5.41, 5.74) is 2.82. The number of carbonyl (C=O) groups is 1. The lowest BCUT2D eigenvalue weighted by atomic mass is 10.3. The van der Waals surface area contributed by atoms with E-state index in [0.29, 0.717) is 13.2 Å². The average Bonchev–Trinajstić information content (AvgIpc) is 3.14. The summed E-state index contributed by atoms with van der Waals surface area (Å²) in [7, 11) is 0. The Morgan fingerprint density at radius 1 is 1.11 bits per heavy atom. The number of rotatable bonds is 6. The highest BCUT2D eigenvalue weighted by Gasteiger charge is 2.21. The molecule has 3 aromatic rings. The predicted molar refractivity (Wildman–Crippen MR) is 111 cm³/mol. The van der Waals surface area contributed by atoms with E-state index in [2.05, 4.69) is 25.1 Å². The second-order valence-corrected chi connectivity index (χ2v) is 6.85. The van der Waals surface area contributed by atoms with Crippen molar-refractivity contribution >= 4 is 28.6 Å². The molecule has 0 aliphatic carbocycles. The van der Waals surface area contributed by atoms with Crippen LogP contribution in [0, 0.1) is 0 Å². The molecule has 0 saturated carbocycles. The van der Waals surface area contributed by atoms with E-state index in [9.17, 15) is 4.79 Å². The number of fused-ring (bicyclic) bond motifs is 1. The Morgan fingerprint density at radius 3 is 2.57 bits per heavy atom.